The molecule has 0 saturated carbocycles. The standard InChI is InChI=1S/C15H13N3O5S2/c16-4-3-14(19)17-15-18(10-6-25(20,21)7-13(10)24-15)9-1-2-11-12(5-9)23-8-22-11/h1-2,5,10,13H,3,6-8H2/t10-,13-/m0/s1. The van der Waals surface area contributed by atoms with Crippen LogP contribution >= 0.6 is 11.8 Å². The highest BCUT2D eigenvalue weighted by atomic mass is 32.2. The molecule has 1 aromatic rings. The summed E-state index contributed by atoms with van der Waals surface area (Å²) in [5, 5.41) is 8.89. The van der Waals surface area contributed by atoms with Gasteiger partial charge in [0, 0.05) is 17.0 Å². The Morgan fingerprint density at radius 1 is 1.36 bits per heavy atom. The average molecular weight is 379 g/mol. The molecule has 0 N–H and O–H groups in total. The van der Waals surface area contributed by atoms with E-state index in [0.29, 0.717) is 22.4 Å². The second-order valence-electron chi connectivity index (χ2n) is 5.83. The summed E-state index contributed by atoms with van der Waals surface area (Å²) in [6.07, 6.45) is -0.313. The van der Waals surface area contributed by atoms with Gasteiger partial charge < -0.3 is 14.4 Å². The van der Waals surface area contributed by atoms with Crippen molar-refractivity contribution in [3.8, 4) is 17.6 Å². The number of nitriles is 1. The molecule has 10 heteroatoms. The van der Waals surface area contributed by atoms with Gasteiger partial charge in [-0.1, -0.05) is 11.8 Å². The zero-order chi connectivity index (χ0) is 17.6. The molecule has 3 heterocycles. The van der Waals surface area contributed by atoms with Gasteiger partial charge in [-0.3, -0.25) is 4.79 Å². The Bertz CT molecular complexity index is 922. The lowest BCUT2D eigenvalue weighted by Crippen LogP contribution is -2.37. The molecule has 0 aliphatic carbocycles. The molecule has 130 valence electrons. The third kappa shape index (κ3) is 2.94. The Labute approximate surface area is 148 Å². The zero-order valence-corrected chi connectivity index (χ0v) is 14.5. The van der Waals surface area contributed by atoms with Gasteiger partial charge in [-0.25, -0.2) is 8.42 Å². The van der Waals surface area contributed by atoms with Gasteiger partial charge in [0.05, 0.1) is 23.6 Å². The van der Waals surface area contributed by atoms with Crippen molar-refractivity contribution < 1.29 is 22.7 Å². The summed E-state index contributed by atoms with van der Waals surface area (Å²) < 4.78 is 34.7. The monoisotopic (exact) mass is 379 g/mol. The molecule has 0 unspecified atom stereocenters. The first-order valence-electron chi connectivity index (χ1n) is 7.51. The van der Waals surface area contributed by atoms with E-state index >= 15 is 0 Å². The molecule has 25 heavy (non-hydrogen) atoms. The number of thioether (sulfide) groups is 1. The molecule has 2 saturated heterocycles. The number of amidine groups is 1. The number of fused-ring (bicyclic) bond motifs is 2. The van der Waals surface area contributed by atoms with E-state index in [9.17, 15) is 13.2 Å². The molecule has 0 aromatic heterocycles. The van der Waals surface area contributed by atoms with Crippen molar-refractivity contribution in [2.75, 3.05) is 23.2 Å². The summed E-state index contributed by atoms with van der Waals surface area (Å²) in [5.74, 6) is 0.692. The summed E-state index contributed by atoms with van der Waals surface area (Å²) in [7, 11) is -3.13. The number of hydrogen-bond acceptors (Lipinski definition) is 7. The van der Waals surface area contributed by atoms with E-state index in [1.807, 2.05) is 0 Å². The Kier molecular flexibility index (Phi) is 3.85. The van der Waals surface area contributed by atoms with Crippen LogP contribution < -0.4 is 14.4 Å². The maximum Gasteiger partial charge on any atom is 0.262 e. The maximum atomic E-state index is 12.0. The number of rotatable bonds is 2. The number of amides is 1. The number of benzene rings is 1. The van der Waals surface area contributed by atoms with Crippen molar-refractivity contribution in [2.24, 2.45) is 4.99 Å². The van der Waals surface area contributed by atoms with Gasteiger partial charge >= 0.3 is 0 Å². The second kappa shape index (κ2) is 5.93. The van der Waals surface area contributed by atoms with Gasteiger partial charge in [0.2, 0.25) is 6.79 Å². The van der Waals surface area contributed by atoms with Crippen LogP contribution in [0.3, 0.4) is 0 Å². The van der Waals surface area contributed by atoms with Gasteiger partial charge in [-0.2, -0.15) is 10.3 Å². The zero-order valence-electron chi connectivity index (χ0n) is 12.9. The van der Waals surface area contributed by atoms with E-state index in [1.165, 1.54) is 11.8 Å². The SMILES string of the molecule is N#CCC(=O)N=C1S[C@H]2CS(=O)(=O)C[C@@H]2N1c1ccc2c(c1)OCO2. The van der Waals surface area contributed by atoms with E-state index in [0.717, 1.165) is 0 Å². The molecule has 3 aliphatic rings. The lowest BCUT2D eigenvalue weighted by atomic mass is 10.2. The van der Waals surface area contributed by atoms with Crippen molar-refractivity contribution in [1.82, 2.24) is 0 Å². The highest BCUT2D eigenvalue weighted by molar-refractivity contribution is 8.16. The van der Waals surface area contributed by atoms with Crippen LogP contribution in [0.5, 0.6) is 11.5 Å². The maximum absolute atomic E-state index is 12.0. The normalized spacial score (nSPS) is 27.3. The molecule has 0 bridgehead atoms. The molecule has 4 rings (SSSR count). The van der Waals surface area contributed by atoms with Crippen LogP contribution in [0.2, 0.25) is 0 Å². The van der Waals surface area contributed by atoms with E-state index in [1.54, 1.807) is 29.2 Å². The molecule has 1 amide bonds. The van der Waals surface area contributed by atoms with Crippen LogP contribution in [0, 0.1) is 11.3 Å². The molecule has 3 aliphatic heterocycles. The van der Waals surface area contributed by atoms with E-state index in [2.05, 4.69) is 4.99 Å². The molecule has 0 radical (unpaired) electrons. The number of ether oxygens (including phenoxy) is 2. The van der Waals surface area contributed by atoms with Crippen LogP contribution in [0.25, 0.3) is 0 Å². The molecular formula is C15H13N3O5S2. The first kappa shape index (κ1) is 16.2. The molecular weight excluding hydrogens is 366 g/mol. The second-order valence-corrected chi connectivity index (χ2v) is 9.19. The van der Waals surface area contributed by atoms with E-state index in [-0.39, 0.29) is 36.0 Å². The van der Waals surface area contributed by atoms with Crippen molar-refractivity contribution in [3.05, 3.63) is 18.2 Å². The summed E-state index contributed by atoms with van der Waals surface area (Å²) in [6.45, 7) is 0.134. The quantitative estimate of drug-likeness (QED) is 0.746. The number of carbonyl (C=O) groups is 1. The summed E-state index contributed by atoms with van der Waals surface area (Å²) in [6, 6.07) is 6.75. The fraction of sp³-hybridized carbons (Fsp3) is 0.400. The van der Waals surface area contributed by atoms with E-state index in [4.69, 9.17) is 14.7 Å². The Morgan fingerprint density at radius 3 is 2.96 bits per heavy atom. The molecule has 8 nitrogen and oxygen atoms in total. The van der Waals surface area contributed by atoms with Crippen LogP contribution in [0.4, 0.5) is 5.69 Å². The lowest BCUT2D eigenvalue weighted by Gasteiger charge is -2.24. The van der Waals surface area contributed by atoms with Gasteiger partial charge in [-0.05, 0) is 12.1 Å². The summed E-state index contributed by atoms with van der Waals surface area (Å²) >= 11 is 1.27. The summed E-state index contributed by atoms with van der Waals surface area (Å²) in [4.78, 5) is 17.6. The largest absolute Gasteiger partial charge is 0.454 e. The van der Waals surface area contributed by atoms with Gasteiger partial charge in [0.1, 0.15) is 6.42 Å². The predicted octanol–water partition coefficient (Wildman–Crippen LogP) is 0.930. The minimum absolute atomic E-state index is 0.00453. The lowest BCUT2D eigenvalue weighted by molar-refractivity contribution is -0.116. The first-order chi connectivity index (χ1) is 12.0. The third-order valence-corrected chi connectivity index (χ3v) is 7.36. The van der Waals surface area contributed by atoms with Crippen LogP contribution in [0.1, 0.15) is 6.42 Å². The Balaban J connectivity index is 1.74. The number of sulfone groups is 1. The Morgan fingerprint density at radius 2 is 2.16 bits per heavy atom. The van der Waals surface area contributed by atoms with Gasteiger partial charge in [-0.15, -0.1) is 0 Å². The first-order valence-corrected chi connectivity index (χ1v) is 10.2. The van der Waals surface area contributed by atoms with Crippen LogP contribution in [0.15, 0.2) is 23.2 Å². The van der Waals surface area contributed by atoms with Crippen molar-refractivity contribution >= 4 is 38.4 Å². The number of carbonyl (C=O) groups excluding carboxylic acids is 1. The molecule has 2 atom stereocenters. The third-order valence-electron chi connectivity index (χ3n) is 4.15. The summed E-state index contributed by atoms with van der Waals surface area (Å²) in [5.41, 5.74) is 0.685. The predicted molar refractivity (Wildman–Crippen MR) is 91.5 cm³/mol. The fourth-order valence-corrected chi connectivity index (χ4v) is 7.05. The minimum Gasteiger partial charge on any atom is -0.454 e. The van der Waals surface area contributed by atoms with Gasteiger partial charge in [0.25, 0.3) is 5.91 Å². The topological polar surface area (TPSA) is 109 Å². The molecule has 0 spiro atoms. The van der Waals surface area contributed by atoms with Crippen LogP contribution in [-0.2, 0) is 14.6 Å². The average Bonchev–Trinajstić information content (AvgIpc) is 3.18. The fourth-order valence-electron chi connectivity index (χ4n) is 3.12. The van der Waals surface area contributed by atoms with Crippen LogP contribution in [-0.4, -0.2) is 49.1 Å². The van der Waals surface area contributed by atoms with Gasteiger partial charge in [0.15, 0.2) is 26.5 Å². The Hall–Kier alpha value is -2.25. The number of anilines is 1. The van der Waals surface area contributed by atoms with E-state index < -0.39 is 15.7 Å². The highest BCUT2D eigenvalue weighted by Gasteiger charge is 2.49. The number of aliphatic imine (C=N–C) groups is 1. The van der Waals surface area contributed by atoms with Crippen molar-refractivity contribution in [1.29, 1.82) is 5.26 Å². The molecule has 1 aromatic carbocycles. The number of hydrogen-bond donors (Lipinski definition) is 0. The molecule has 2 fully saturated rings. The smallest absolute Gasteiger partial charge is 0.262 e. The number of nitrogens with zero attached hydrogens (tertiary/aromatic N) is 3. The minimum atomic E-state index is -3.13. The van der Waals surface area contributed by atoms with Crippen molar-refractivity contribution in [2.45, 2.75) is 17.7 Å². The highest BCUT2D eigenvalue weighted by Crippen LogP contribution is 2.43. The van der Waals surface area contributed by atoms with Crippen molar-refractivity contribution in [3.63, 3.8) is 0 Å².